The van der Waals surface area contributed by atoms with Gasteiger partial charge in [-0.15, -0.1) is 10.2 Å². The molecule has 0 atom stereocenters. The molecule has 0 unspecified atom stereocenters. The fraction of sp³-hybridized carbons (Fsp3) is 0.421. The average molecular weight is 394 g/mol. The van der Waals surface area contributed by atoms with Crippen LogP contribution in [-0.4, -0.2) is 69.7 Å². The molecule has 10 heteroatoms. The molecular formula is C19H26N10. The zero-order chi connectivity index (χ0) is 20.1. The van der Waals surface area contributed by atoms with Crippen molar-refractivity contribution >= 4 is 30.0 Å². The third-order valence-electron chi connectivity index (χ3n) is 5.07. The molecule has 4 N–H and O–H groups in total. The van der Waals surface area contributed by atoms with Crippen molar-refractivity contribution in [1.29, 1.82) is 0 Å². The maximum Gasteiger partial charge on any atom is 0.216 e. The van der Waals surface area contributed by atoms with Gasteiger partial charge in [0.05, 0.1) is 12.4 Å². The summed E-state index contributed by atoms with van der Waals surface area (Å²) in [4.78, 5) is 8.58. The van der Waals surface area contributed by atoms with Gasteiger partial charge in [0, 0.05) is 44.1 Å². The maximum absolute atomic E-state index is 5.95. The van der Waals surface area contributed by atoms with Crippen LogP contribution in [0.25, 0.3) is 5.65 Å². The van der Waals surface area contributed by atoms with Gasteiger partial charge in [0.25, 0.3) is 0 Å². The summed E-state index contributed by atoms with van der Waals surface area (Å²) < 4.78 is 1.91. The fourth-order valence-electron chi connectivity index (χ4n) is 3.49. The lowest BCUT2D eigenvalue weighted by molar-refractivity contribution is 0.511. The minimum atomic E-state index is 0.453. The number of pyridine rings is 1. The van der Waals surface area contributed by atoms with Crippen LogP contribution in [0, 0.1) is 0 Å². The van der Waals surface area contributed by atoms with Crippen LogP contribution in [0.5, 0.6) is 0 Å². The van der Waals surface area contributed by atoms with Crippen LogP contribution >= 0.6 is 0 Å². The van der Waals surface area contributed by atoms with E-state index in [-0.39, 0.29) is 0 Å². The van der Waals surface area contributed by atoms with E-state index in [2.05, 4.69) is 25.4 Å². The Morgan fingerprint density at radius 1 is 0.828 bits per heavy atom. The summed E-state index contributed by atoms with van der Waals surface area (Å²) in [5.74, 6) is 0.921. The third-order valence-corrected chi connectivity index (χ3v) is 5.07. The predicted octanol–water partition coefficient (Wildman–Crippen LogP) is 0.823. The van der Waals surface area contributed by atoms with Gasteiger partial charge in [-0.05, 0) is 37.8 Å². The summed E-state index contributed by atoms with van der Waals surface area (Å²) in [5.41, 5.74) is 14.3. The quantitative estimate of drug-likeness (QED) is 0.451. The molecule has 2 aliphatic rings. The van der Waals surface area contributed by atoms with Gasteiger partial charge in [-0.3, -0.25) is 0 Å². The van der Waals surface area contributed by atoms with Crippen LogP contribution in [0.2, 0.25) is 0 Å². The molecule has 10 nitrogen and oxygen atoms in total. The number of rotatable bonds is 4. The van der Waals surface area contributed by atoms with E-state index in [4.69, 9.17) is 11.5 Å². The zero-order valence-corrected chi connectivity index (χ0v) is 16.4. The molecule has 2 aliphatic heterocycles. The summed E-state index contributed by atoms with van der Waals surface area (Å²) in [6.07, 6.45) is 11.7. The molecule has 4 rings (SSSR count). The lowest BCUT2D eigenvalue weighted by Gasteiger charge is -2.13. The van der Waals surface area contributed by atoms with Crippen LogP contribution in [-0.2, 0) is 0 Å². The highest BCUT2D eigenvalue weighted by molar-refractivity contribution is 5.83. The second kappa shape index (κ2) is 8.72. The van der Waals surface area contributed by atoms with Gasteiger partial charge < -0.3 is 25.7 Å². The van der Waals surface area contributed by atoms with Gasteiger partial charge >= 0.3 is 0 Å². The summed E-state index contributed by atoms with van der Waals surface area (Å²) in [6.45, 7) is 3.78. The number of likely N-dealkylation sites (tertiary alicyclic amines) is 2. The van der Waals surface area contributed by atoms with Gasteiger partial charge in [0.15, 0.2) is 0 Å². The maximum atomic E-state index is 5.95. The first-order valence-corrected chi connectivity index (χ1v) is 9.91. The third kappa shape index (κ3) is 4.71. The van der Waals surface area contributed by atoms with E-state index in [9.17, 15) is 0 Å². The van der Waals surface area contributed by atoms with Gasteiger partial charge in [-0.25, -0.2) is 4.98 Å². The highest BCUT2D eigenvalue weighted by Gasteiger charge is 2.13. The molecule has 2 aromatic heterocycles. The summed E-state index contributed by atoms with van der Waals surface area (Å²) in [6, 6.07) is 3.84. The van der Waals surface area contributed by atoms with E-state index in [0.717, 1.165) is 63.1 Å². The van der Waals surface area contributed by atoms with Crippen LogP contribution in [0.1, 0.15) is 36.9 Å². The zero-order valence-electron chi connectivity index (χ0n) is 16.4. The molecule has 4 heterocycles. The number of imidazole rings is 1. The first-order chi connectivity index (χ1) is 14.2. The van der Waals surface area contributed by atoms with E-state index in [1.165, 1.54) is 0 Å². The van der Waals surface area contributed by atoms with Crippen LogP contribution in [0.15, 0.2) is 44.9 Å². The van der Waals surface area contributed by atoms with E-state index in [0.29, 0.717) is 17.6 Å². The second-order valence-corrected chi connectivity index (χ2v) is 7.19. The Morgan fingerprint density at radius 2 is 1.41 bits per heavy atom. The van der Waals surface area contributed by atoms with Crippen molar-refractivity contribution in [2.24, 2.45) is 31.9 Å². The lowest BCUT2D eigenvalue weighted by atomic mass is 10.3. The Hall–Kier alpha value is -3.43. The van der Waals surface area contributed by atoms with E-state index >= 15 is 0 Å². The van der Waals surface area contributed by atoms with Crippen LogP contribution in [0.3, 0.4) is 0 Å². The molecule has 0 radical (unpaired) electrons. The molecule has 152 valence electrons. The van der Waals surface area contributed by atoms with Crippen molar-refractivity contribution in [1.82, 2.24) is 19.2 Å². The lowest BCUT2D eigenvalue weighted by Crippen LogP contribution is -2.34. The molecule has 0 spiro atoms. The van der Waals surface area contributed by atoms with Gasteiger partial charge in [0.1, 0.15) is 11.3 Å². The number of guanidine groups is 2. The number of hydrogen-bond donors (Lipinski definition) is 2. The Morgan fingerprint density at radius 3 is 2.03 bits per heavy atom. The summed E-state index contributed by atoms with van der Waals surface area (Å²) in [5, 5.41) is 16.3. The van der Waals surface area contributed by atoms with Crippen molar-refractivity contribution in [3.8, 4) is 0 Å². The first kappa shape index (κ1) is 18.9. The molecule has 2 aromatic rings. The van der Waals surface area contributed by atoms with Crippen molar-refractivity contribution in [2.75, 3.05) is 26.2 Å². The number of nitrogens with two attached hydrogens (primary N) is 2. The molecular weight excluding hydrogens is 368 g/mol. The molecule has 0 aromatic carbocycles. The van der Waals surface area contributed by atoms with Gasteiger partial charge in [0.2, 0.25) is 11.9 Å². The Kier molecular flexibility index (Phi) is 5.68. The highest BCUT2D eigenvalue weighted by Crippen LogP contribution is 2.08. The number of nitrogens with zero attached hydrogens (tertiary/aromatic N) is 8. The van der Waals surface area contributed by atoms with Gasteiger partial charge in [-0.2, -0.15) is 10.2 Å². The molecule has 0 aliphatic carbocycles. The Bertz CT molecular complexity index is 919. The average Bonchev–Trinajstić information content (AvgIpc) is 3.48. The van der Waals surface area contributed by atoms with Crippen LogP contribution in [0.4, 0.5) is 0 Å². The van der Waals surface area contributed by atoms with E-state index in [1.807, 2.05) is 38.7 Å². The second-order valence-electron chi connectivity index (χ2n) is 7.19. The molecule has 0 saturated carbocycles. The Labute approximate surface area is 169 Å². The molecule has 2 saturated heterocycles. The monoisotopic (exact) mass is 394 g/mol. The summed E-state index contributed by atoms with van der Waals surface area (Å²) >= 11 is 0. The highest BCUT2D eigenvalue weighted by atomic mass is 15.4. The van der Waals surface area contributed by atoms with Crippen molar-refractivity contribution < 1.29 is 0 Å². The smallest absolute Gasteiger partial charge is 0.216 e. The number of aromatic nitrogens is 2. The minimum Gasteiger partial charge on any atom is -0.368 e. The predicted molar refractivity (Wildman–Crippen MR) is 115 cm³/mol. The minimum absolute atomic E-state index is 0.453. The standard InChI is InChI=1S/C19H26N10/c20-18(27-7-1-2-8-27)25-22-11-15-5-6-17-24-16(14-29(17)13-15)12-23-26-19(21)28-9-3-4-10-28/h5-6,11-14H,1-4,7-10H2,(H2,20,25)(H2,21,26). The van der Waals surface area contributed by atoms with Crippen molar-refractivity contribution in [2.45, 2.75) is 25.7 Å². The largest absolute Gasteiger partial charge is 0.368 e. The normalized spacial score (nSPS) is 18.9. The van der Waals surface area contributed by atoms with E-state index in [1.54, 1.807) is 12.4 Å². The number of fused-ring (bicyclic) bond motifs is 1. The van der Waals surface area contributed by atoms with E-state index < -0.39 is 0 Å². The number of hydrogen-bond acceptors (Lipinski definition) is 5. The summed E-state index contributed by atoms with van der Waals surface area (Å²) in [7, 11) is 0. The fourth-order valence-corrected chi connectivity index (χ4v) is 3.49. The van der Waals surface area contributed by atoms with Crippen molar-refractivity contribution in [3.05, 3.63) is 35.8 Å². The SMILES string of the molecule is NC(=NN=Cc1ccc2nc(C=NN=C(N)N3CCCC3)cn2c1)N1CCCC1. The van der Waals surface area contributed by atoms with Crippen molar-refractivity contribution in [3.63, 3.8) is 0 Å². The topological polar surface area (TPSA) is 125 Å². The van der Waals surface area contributed by atoms with Crippen LogP contribution < -0.4 is 11.5 Å². The molecule has 2 fully saturated rings. The van der Waals surface area contributed by atoms with Gasteiger partial charge in [-0.1, -0.05) is 0 Å². The molecule has 29 heavy (non-hydrogen) atoms. The molecule has 0 amide bonds. The Balaban J connectivity index is 1.42. The first-order valence-electron chi connectivity index (χ1n) is 9.91. The molecule has 0 bridgehead atoms.